The van der Waals surface area contributed by atoms with Gasteiger partial charge in [0.25, 0.3) is 0 Å². The summed E-state index contributed by atoms with van der Waals surface area (Å²) in [6, 6.07) is 36.0. The molecule has 6 aromatic rings. The molecule has 0 saturated heterocycles. The first-order chi connectivity index (χ1) is 14.3. The highest BCUT2D eigenvalue weighted by atomic mass is 15.0. The van der Waals surface area contributed by atoms with Gasteiger partial charge in [0.1, 0.15) is 6.07 Å². The van der Waals surface area contributed by atoms with E-state index in [1.54, 1.807) is 0 Å². The number of fused-ring (bicyclic) bond motifs is 6. The van der Waals surface area contributed by atoms with Crippen molar-refractivity contribution in [2.75, 3.05) is 0 Å². The minimum absolute atomic E-state index is 0.674. The van der Waals surface area contributed by atoms with Gasteiger partial charge >= 0.3 is 0 Å². The number of nitrogens with zero attached hydrogens (tertiary/aromatic N) is 2. The Morgan fingerprint density at radius 1 is 0.586 bits per heavy atom. The second kappa shape index (κ2) is 5.95. The van der Waals surface area contributed by atoms with Gasteiger partial charge in [-0.15, -0.1) is 0 Å². The Kier molecular flexibility index (Phi) is 3.27. The van der Waals surface area contributed by atoms with E-state index in [0.29, 0.717) is 5.56 Å². The SMILES string of the molecule is N#Cc1ccccc1-n1c2cc3ccccc3cc2c2c3ccccc3ccc21. The number of nitriles is 1. The third kappa shape index (κ3) is 2.22. The molecule has 0 fully saturated rings. The fourth-order valence-electron chi connectivity index (χ4n) is 4.50. The van der Waals surface area contributed by atoms with Gasteiger partial charge in [0.2, 0.25) is 0 Å². The molecular weight excluding hydrogens is 352 g/mol. The monoisotopic (exact) mass is 368 g/mol. The quantitative estimate of drug-likeness (QED) is 0.308. The van der Waals surface area contributed by atoms with Crippen molar-refractivity contribution in [3.63, 3.8) is 0 Å². The summed E-state index contributed by atoms with van der Waals surface area (Å²) < 4.78 is 2.24. The summed E-state index contributed by atoms with van der Waals surface area (Å²) in [5.41, 5.74) is 3.84. The van der Waals surface area contributed by atoms with Gasteiger partial charge in [-0.1, -0.05) is 66.7 Å². The van der Waals surface area contributed by atoms with Crippen molar-refractivity contribution in [2.24, 2.45) is 0 Å². The molecule has 134 valence electrons. The van der Waals surface area contributed by atoms with Crippen LogP contribution < -0.4 is 0 Å². The van der Waals surface area contributed by atoms with Gasteiger partial charge in [0.05, 0.1) is 22.3 Å². The van der Waals surface area contributed by atoms with Crippen LogP contribution in [0.2, 0.25) is 0 Å². The summed E-state index contributed by atoms with van der Waals surface area (Å²) in [6.45, 7) is 0. The van der Waals surface area contributed by atoms with Crippen LogP contribution in [0.3, 0.4) is 0 Å². The first-order valence-electron chi connectivity index (χ1n) is 9.69. The van der Waals surface area contributed by atoms with Crippen LogP contribution in [-0.4, -0.2) is 4.57 Å². The molecule has 2 nitrogen and oxygen atoms in total. The van der Waals surface area contributed by atoms with Gasteiger partial charge in [-0.05, 0) is 51.9 Å². The number of para-hydroxylation sites is 1. The Labute approximate surface area is 167 Å². The lowest BCUT2D eigenvalue weighted by molar-refractivity contribution is 1.17. The summed E-state index contributed by atoms with van der Waals surface area (Å²) in [7, 11) is 0. The van der Waals surface area contributed by atoms with E-state index >= 15 is 0 Å². The van der Waals surface area contributed by atoms with Gasteiger partial charge in [0, 0.05) is 10.8 Å². The number of rotatable bonds is 1. The molecule has 0 amide bonds. The molecule has 0 aliphatic heterocycles. The fraction of sp³-hybridized carbons (Fsp3) is 0. The molecule has 0 N–H and O–H groups in total. The zero-order chi connectivity index (χ0) is 19.4. The highest BCUT2D eigenvalue weighted by Gasteiger charge is 2.17. The maximum atomic E-state index is 9.74. The van der Waals surface area contributed by atoms with Crippen LogP contribution >= 0.6 is 0 Å². The molecule has 2 heteroatoms. The van der Waals surface area contributed by atoms with Crippen LogP contribution in [0.1, 0.15) is 5.56 Å². The fourth-order valence-corrected chi connectivity index (χ4v) is 4.50. The molecule has 0 unspecified atom stereocenters. The molecule has 6 rings (SSSR count). The summed E-state index contributed by atoms with van der Waals surface area (Å²) >= 11 is 0. The third-order valence-corrected chi connectivity index (χ3v) is 5.79. The lowest BCUT2D eigenvalue weighted by atomic mass is 10.0. The van der Waals surface area contributed by atoms with Crippen LogP contribution in [0.25, 0.3) is 49.0 Å². The lowest BCUT2D eigenvalue weighted by Crippen LogP contribution is -1.97. The molecular formula is C27H16N2. The molecule has 0 saturated carbocycles. The average molecular weight is 368 g/mol. The Hall–Kier alpha value is -4.09. The molecule has 29 heavy (non-hydrogen) atoms. The molecule has 0 atom stereocenters. The van der Waals surface area contributed by atoms with E-state index < -0.39 is 0 Å². The second-order valence-electron chi connectivity index (χ2n) is 7.36. The second-order valence-corrected chi connectivity index (χ2v) is 7.36. The van der Waals surface area contributed by atoms with E-state index in [0.717, 1.165) is 16.7 Å². The first kappa shape index (κ1) is 15.9. The molecule has 0 bridgehead atoms. The van der Waals surface area contributed by atoms with E-state index in [1.165, 1.54) is 32.3 Å². The van der Waals surface area contributed by atoms with E-state index in [-0.39, 0.29) is 0 Å². The first-order valence-corrected chi connectivity index (χ1v) is 9.69. The lowest BCUT2D eigenvalue weighted by Gasteiger charge is -2.10. The van der Waals surface area contributed by atoms with Gasteiger partial charge in [-0.3, -0.25) is 0 Å². The molecule has 0 radical (unpaired) electrons. The Morgan fingerprint density at radius 3 is 2.10 bits per heavy atom. The molecule has 0 spiro atoms. The van der Waals surface area contributed by atoms with Crippen LogP contribution in [0.5, 0.6) is 0 Å². The van der Waals surface area contributed by atoms with E-state index in [4.69, 9.17) is 0 Å². The zero-order valence-electron chi connectivity index (χ0n) is 15.6. The van der Waals surface area contributed by atoms with Crippen molar-refractivity contribution in [3.05, 3.63) is 103 Å². The zero-order valence-corrected chi connectivity index (χ0v) is 15.6. The van der Waals surface area contributed by atoms with Crippen molar-refractivity contribution >= 4 is 43.4 Å². The number of aromatic nitrogens is 1. The Bertz CT molecular complexity index is 1610. The third-order valence-electron chi connectivity index (χ3n) is 5.79. The van der Waals surface area contributed by atoms with Gasteiger partial charge in [-0.2, -0.15) is 5.26 Å². The molecule has 1 aromatic heterocycles. The number of hydrogen-bond donors (Lipinski definition) is 0. The predicted octanol–water partition coefficient (Wildman–Crippen LogP) is 6.96. The number of hydrogen-bond acceptors (Lipinski definition) is 1. The van der Waals surface area contributed by atoms with E-state index in [2.05, 4.69) is 83.4 Å². The normalized spacial score (nSPS) is 11.4. The van der Waals surface area contributed by atoms with Crippen molar-refractivity contribution < 1.29 is 0 Å². The van der Waals surface area contributed by atoms with Crippen molar-refractivity contribution in [1.82, 2.24) is 4.57 Å². The molecule has 0 aliphatic carbocycles. The average Bonchev–Trinajstić information content (AvgIpc) is 3.11. The van der Waals surface area contributed by atoms with Crippen molar-refractivity contribution in [3.8, 4) is 11.8 Å². The van der Waals surface area contributed by atoms with Crippen molar-refractivity contribution in [2.45, 2.75) is 0 Å². The standard InChI is InChI=1S/C27H16N2/c28-17-21-10-4-6-12-24(21)29-25-14-13-18-7-3-5-11-22(18)27(25)23-15-19-8-1-2-9-20(19)16-26(23)29/h1-16H. The minimum Gasteiger partial charge on any atom is -0.308 e. The van der Waals surface area contributed by atoms with Crippen LogP contribution in [0.15, 0.2) is 97.1 Å². The maximum absolute atomic E-state index is 9.74. The maximum Gasteiger partial charge on any atom is 0.101 e. The molecule has 1 heterocycles. The van der Waals surface area contributed by atoms with Gasteiger partial charge in [-0.25, -0.2) is 0 Å². The predicted molar refractivity (Wildman–Crippen MR) is 121 cm³/mol. The topological polar surface area (TPSA) is 28.7 Å². The minimum atomic E-state index is 0.674. The largest absolute Gasteiger partial charge is 0.308 e. The van der Waals surface area contributed by atoms with Gasteiger partial charge in [0.15, 0.2) is 0 Å². The highest BCUT2D eigenvalue weighted by Crippen LogP contribution is 2.39. The molecule has 5 aromatic carbocycles. The summed E-state index contributed by atoms with van der Waals surface area (Å²) in [6.07, 6.45) is 0. The smallest absolute Gasteiger partial charge is 0.101 e. The molecule has 0 aliphatic rings. The number of benzene rings is 5. The summed E-state index contributed by atoms with van der Waals surface area (Å²) in [5.74, 6) is 0. The van der Waals surface area contributed by atoms with E-state index in [1.807, 2.05) is 24.3 Å². The van der Waals surface area contributed by atoms with Crippen LogP contribution in [0, 0.1) is 11.3 Å². The Morgan fingerprint density at radius 2 is 1.28 bits per heavy atom. The van der Waals surface area contributed by atoms with Crippen LogP contribution in [-0.2, 0) is 0 Å². The summed E-state index contributed by atoms with van der Waals surface area (Å²) in [5, 5.41) is 17.1. The van der Waals surface area contributed by atoms with E-state index in [9.17, 15) is 5.26 Å². The Balaban J connectivity index is 1.92. The van der Waals surface area contributed by atoms with Gasteiger partial charge < -0.3 is 4.57 Å². The highest BCUT2D eigenvalue weighted by molar-refractivity contribution is 6.23. The van der Waals surface area contributed by atoms with Crippen molar-refractivity contribution in [1.29, 1.82) is 5.26 Å². The van der Waals surface area contributed by atoms with Crippen LogP contribution in [0.4, 0.5) is 0 Å². The summed E-state index contributed by atoms with van der Waals surface area (Å²) in [4.78, 5) is 0.